The average Bonchev–Trinajstić information content (AvgIpc) is 2.74. The predicted molar refractivity (Wildman–Crippen MR) is 111 cm³/mol. The summed E-state index contributed by atoms with van der Waals surface area (Å²) < 4.78 is 0. The molecule has 0 heterocycles. The Hall–Kier alpha value is -3.32. The van der Waals surface area contributed by atoms with E-state index in [4.69, 9.17) is 0 Å². The molecule has 0 atom stereocenters. The van der Waals surface area contributed by atoms with Crippen LogP contribution in [0.15, 0.2) is 109 Å². The van der Waals surface area contributed by atoms with Crippen molar-refractivity contribution in [3.05, 3.63) is 137 Å². The van der Waals surface area contributed by atoms with E-state index in [1.54, 1.807) is 6.07 Å². The first-order valence-corrected chi connectivity index (χ1v) is 9.19. The number of benzene rings is 4. The lowest BCUT2D eigenvalue weighted by molar-refractivity contribution is 0.470. The van der Waals surface area contributed by atoms with Crippen LogP contribution in [0.25, 0.3) is 0 Å². The second kappa shape index (κ2) is 7.13. The molecule has 1 nitrogen and oxygen atoms in total. The molecule has 0 aliphatic rings. The minimum Gasteiger partial charge on any atom is -0.508 e. The van der Waals surface area contributed by atoms with Crippen LogP contribution >= 0.6 is 0 Å². The van der Waals surface area contributed by atoms with E-state index in [2.05, 4.69) is 78.9 Å². The van der Waals surface area contributed by atoms with Gasteiger partial charge < -0.3 is 5.11 Å². The molecule has 0 aromatic heterocycles. The van der Waals surface area contributed by atoms with Crippen molar-refractivity contribution in [2.45, 2.75) is 12.3 Å². The fraction of sp³-hybridized carbons (Fsp3) is 0.0769. The van der Waals surface area contributed by atoms with Crippen molar-refractivity contribution in [3.63, 3.8) is 0 Å². The Balaban J connectivity index is 2.14. The van der Waals surface area contributed by atoms with Crippen molar-refractivity contribution < 1.29 is 5.11 Å². The van der Waals surface area contributed by atoms with E-state index in [1.807, 2.05) is 31.2 Å². The van der Waals surface area contributed by atoms with Crippen molar-refractivity contribution in [2.75, 3.05) is 0 Å². The van der Waals surface area contributed by atoms with Gasteiger partial charge in [-0.15, -0.1) is 0 Å². The highest BCUT2D eigenvalue weighted by molar-refractivity contribution is 5.60. The van der Waals surface area contributed by atoms with Crippen molar-refractivity contribution in [1.29, 1.82) is 0 Å². The standard InChI is InChI=1S/C26H22O/c1-20-19-24(17-18-25(20)27)26(21-11-5-2-6-12-21,22-13-7-3-8-14-22)23-15-9-4-10-16-23/h2-19,27H,1H3. The zero-order valence-corrected chi connectivity index (χ0v) is 15.3. The van der Waals surface area contributed by atoms with E-state index in [0.29, 0.717) is 5.75 Å². The fourth-order valence-electron chi connectivity index (χ4n) is 3.95. The lowest BCUT2D eigenvalue weighted by Crippen LogP contribution is -2.31. The summed E-state index contributed by atoms with van der Waals surface area (Å²) in [6.45, 7) is 1.95. The third kappa shape index (κ3) is 2.92. The van der Waals surface area contributed by atoms with Gasteiger partial charge in [0.25, 0.3) is 0 Å². The molecule has 1 heteroatoms. The molecule has 4 aromatic carbocycles. The van der Waals surface area contributed by atoms with Crippen LogP contribution in [0.5, 0.6) is 5.75 Å². The van der Waals surface area contributed by atoms with Gasteiger partial charge in [0, 0.05) is 0 Å². The summed E-state index contributed by atoms with van der Waals surface area (Å²) in [7, 11) is 0. The van der Waals surface area contributed by atoms with Crippen LogP contribution in [-0.4, -0.2) is 5.11 Å². The van der Waals surface area contributed by atoms with Crippen molar-refractivity contribution in [3.8, 4) is 5.75 Å². The zero-order chi connectivity index (χ0) is 18.7. The van der Waals surface area contributed by atoms with E-state index in [9.17, 15) is 5.11 Å². The Labute approximate surface area is 160 Å². The van der Waals surface area contributed by atoms with Crippen LogP contribution in [0.4, 0.5) is 0 Å². The Morgan fingerprint density at radius 3 is 1.30 bits per heavy atom. The van der Waals surface area contributed by atoms with Gasteiger partial charge in [-0.2, -0.15) is 0 Å². The third-order valence-electron chi connectivity index (χ3n) is 5.25. The predicted octanol–water partition coefficient (Wildman–Crippen LogP) is 6.08. The smallest absolute Gasteiger partial charge is 0.118 e. The molecule has 0 unspecified atom stereocenters. The van der Waals surface area contributed by atoms with Gasteiger partial charge in [-0.3, -0.25) is 0 Å². The average molecular weight is 350 g/mol. The van der Waals surface area contributed by atoms with E-state index >= 15 is 0 Å². The second-order valence-corrected chi connectivity index (χ2v) is 6.85. The summed E-state index contributed by atoms with van der Waals surface area (Å²) in [5.41, 5.74) is 5.16. The van der Waals surface area contributed by atoms with Gasteiger partial charge in [0.05, 0.1) is 5.41 Å². The molecule has 27 heavy (non-hydrogen) atoms. The molecule has 4 aromatic rings. The van der Waals surface area contributed by atoms with E-state index in [0.717, 1.165) is 11.1 Å². The minimum atomic E-state index is -0.456. The number of hydrogen-bond acceptors (Lipinski definition) is 1. The summed E-state index contributed by atoms with van der Waals surface area (Å²) in [6.07, 6.45) is 0. The highest BCUT2D eigenvalue weighted by Crippen LogP contribution is 2.45. The molecule has 0 saturated carbocycles. The van der Waals surface area contributed by atoms with Crippen molar-refractivity contribution in [1.82, 2.24) is 0 Å². The molecule has 1 N–H and O–H groups in total. The molecule has 0 spiro atoms. The van der Waals surface area contributed by atoms with Crippen molar-refractivity contribution in [2.24, 2.45) is 0 Å². The topological polar surface area (TPSA) is 20.2 Å². The SMILES string of the molecule is Cc1cc(C(c2ccccc2)(c2ccccc2)c2ccccc2)ccc1O. The molecule has 4 rings (SSSR count). The van der Waals surface area contributed by atoms with Gasteiger partial charge in [-0.25, -0.2) is 0 Å². The Morgan fingerprint density at radius 2 is 0.926 bits per heavy atom. The Kier molecular flexibility index (Phi) is 4.52. The first kappa shape index (κ1) is 17.1. The maximum atomic E-state index is 10.1. The lowest BCUT2D eigenvalue weighted by Gasteiger charge is -2.37. The van der Waals surface area contributed by atoms with Crippen LogP contribution in [0.3, 0.4) is 0 Å². The van der Waals surface area contributed by atoms with Crippen LogP contribution < -0.4 is 0 Å². The zero-order valence-electron chi connectivity index (χ0n) is 15.3. The maximum Gasteiger partial charge on any atom is 0.118 e. The molecule has 0 amide bonds. The molecule has 132 valence electrons. The lowest BCUT2D eigenvalue weighted by atomic mass is 9.65. The van der Waals surface area contributed by atoms with Gasteiger partial charge in [-0.1, -0.05) is 103 Å². The summed E-state index contributed by atoms with van der Waals surface area (Å²) in [5, 5.41) is 10.1. The quantitative estimate of drug-likeness (QED) is 0.442. The molecule has 0 bridgehead atoms. The fourth-order valence-corrected chi connectivity index (χ4v) is 3.95. The summed E-state index contributed by atoms with van der Waals surface area (Å²) in [6, 6.07) is 37.7. The van der Waals surface area contributed by atoms with Crippen LogP contribution in [0, 0.1) is 6.92 Å². The molecule has 0 aliphatic heterocycles. The van der Waals surface area contributed by atoms with Gasteiger partial charge in [0.1, 0.15) is 5.75 Å². The normalized spacial score (nSPS) is 11.3. The van der Waals surface area contributed by atoms with Gasteiger partial charge in [0.15, 0.2) is 0 Å². The third-order valence-corrected chi connectivity index (χ3v) is 5.25. The molecule has 0 aliphatic carbocycles. The maximum absolute atomic E-state index is 10.1. The van der Waals surface area contributed by atoms with Crippen LogP contribution in [0.1, 0.15) is 27.8 Å². The summed E-state index contributed by atoms with van der Waals surface area (Å²) >= 11 is 0. The largest absolute Gasteiger partial charge is 0.508 e. The first-order valence-electron chi connectivity index (χ1n) is 9.19. The minimum absolute atomic E-state index is 0.321. The van der Waals surface area contributed by atoms with Crippen LogP contribution in [-0.2, 0) is 5.41 Å². The molecular weight excluding hydrogens is 328 g/mol. The van der Waals surface area contributed by atoms with E-state index in [-0.39, 0.29) is 0 Å². The van der Waals surface area contributed by atoms with Crippen molar-refractivity contribution >= 4 is 0 Å². The summed E-state index contributed by atoms with van der Waals surface area (Å²) in [5.74, 6) is 0.321. The number of phenolic OH excluding ortho intramolecular Hbond substituents is 1. The second-order valence-electron chi connectivity index (χ2n) is 6.85. The first-order chi connectivity index (χ1) is 13.2. The highest BCUT2D eigenvalue weighted by atomic mass is 16.3. The van der Waals surface area contributed by atoms with Gasteiger partial charge >= 0.3 is 0 Å². The Bertz CT molecular complexity index is 925. The molecule has 0 radical (unpaired) electrons. The highest BCUT2D eigenvalue weighted by Gasteiger charge is 2.38. The van der Waals surface area contributed by atoms with Gasteiger partial charge in [0.2, 0.25) is 0 Å². The number of aromatic hydroxyl groups is 1. The van der Waals surface area contributed by atoms with Gasteiger partial charge in [-0.05, 0) is 40.8 Å². The number of rotatable bonds is 4. The monoisotopic (exact) mass is 350 g/mol. The summed E-state index contributed by atoms with van der Waals surface area (Å²) in [4.78, 5) is 0. The molecule has 0 saturated heterocycles. The number of phenols is 1. The Morgan fingerprint density at radius 1 is 0.519 bits per heavy atom. The van der Waals surface area contributed by atoms with Crippen LogP contribution in [0.2, 0.25) is 0 Å². The van der Waals surface area contributed by atoms with E-state index in [1.165, 1.54) is 16.7 Å². The molecule has 0 fully saturated rings. The number of aryl methyl sites for hydroxylation is 1. The molecular formula is C26H22O. The van der Waals surface area contributed by atoms with E-state index < -0.39 is 5.41 Å². The number of hydrogen-bond donors (Lipinski definition) is 1.